The lowest BCUT2D eigenvalue weighted by Crippen LogP contribution is -2.46. The van der Waals surface area contributed by atoms with Crippen LogP contribution in [0, 0.1) is 10.1 Å². The van der Waals surface area contributed by atoms with Gasteiger partial charge in [-0.15, -0.1) is 10.2 Å². The highest BCUT2D eigenvalue weighted by molar-refractivity contribution is 5.55. The van der Waals surface area contributed by atoms with E-state index in [-0.39, 0.29) is 23.9 Å². The minimum Gasteiger partial charge on any atom is -0.419 e. The maximum Gasteiger partial charge on any atom is 0.269 e. The van der Waals surface area contributed by atoms with Gasteiger partial charge in [-0.1, -0.05) is 0 Å². The summed E-state index contributed by atoms with van der Waals surface area (Å²) in [6.07, 6.45) is 0.321. The molecule has 1 aliphatic rings. The Kier molecular flexibility index (Phi) is 4.59. The number of aromatic nitrogens is 2. The number of ether oxygens (including phenoxy) is 1. The summed E-state index contributed by atoms with van der Waals surface area (Å²) in [6, 6.07) is 6.05. The molecule has 1 aliphatic heterocycles. The summed E-state index contributed by atoms with van der Waals surface area (Å²) in [6.45, 7) is 7.73. The molecule has 3 rings (SSSR count). The van der Waals surface area contributed by atoms with Crippen molar-refractivity contribution in [3.05, 3.63) is 40.3 Å². The van der Waals surface area contributed by atoms with Crippen molar-refractivity contribution in [2.24, 2.45) is 0 Å². The van der Waals surface area contributed by atoms with Crippen LogP contribution in [0.5, 0.6) is 0 Å². The zero-order valence-corrected chi connectivity index (χ0v) is 13.9. The Bertz CT molecular complexity index is 705. The highest BCUT2D eigenvalue weighted by Gasteiger charge is 2.29. The number of hydrogen-bond acceptors (Lipinski definition) is 7. The molecule has 2 aromatic rings. The van der Waals surface area contributed by atoms with Crippen LogP contribution in [0.15, 0.2) is 28.7 Å². The second-order valence-corrected chi connectivity index (χ2v) is 6.14. The van der Waals surface area contributed by atoms with Gasteiger partial charge in [0.2, 0.25) is 11.8 Å². The fourth-order valence-electron chi connectivity index (χ4n) is 2.94. The fourth-order valence-corrected chi connectivity index (χ4v) is 2.94. The maximum absolute atomic E-state index is 10.7. The van der Waals surface area contributed by atoms with Crippen molar-refractivity contribution in [2.75, 3.05) is 13.1 Å². The third-order valence-corrected chi connectivity index (χ3v) is 4.12. The number of benzene rings is 1. The highest BCUT2D eigenvalue weighted by Crippen LogP contribution is 2.27. The van der Waals surface area contributed by atoms with Crippen molar-refractivity contribution in [3.63, 3.8) is 0 Å². The minimum atomic E-state index is -0.439. The van der Waals surface area contributed by atoms with Gasteiger partial charge in [0.15, 0.2) is 0 Å². The first kappa shape index (κ1) is 16.5. The minimum absolute atomic E-state index is 0.0156. The van der Waals surface area contributed by atoms with E-state index < -0.39 is 4.92 Å². The van der Waals surface area contributed by atoms with Gasteiger partial charge in [0.05, 0.1) is 23.2 Å². The fraction of sp³-hybridized carbons (Fsp3) is 0.500. The number of nitrogens with zero attached hydrogens (tertiary/aromatic N) is 4. The molecule has 2 heterocycles. The molecule has 8 heteroatoms. The highest BCUT2D eigenvalue weighted by atomic mass is 16.6. The van der Waals surface area contributed by atoms with Crippen LogP contribution in [0.25, 0.3) is 11.5 Å². The molecule has 1 fully saturated rings. The summed E-state index contributed by atoms with van der Waals surface area (Å²) in [5.74, 6) is 0.894. The number of non-ortho nitro benzene ring substituents is 1. The molecule has 24 heavy (non-hydrogen) atoms. The van der Waals surface area contributed by atoms with E-state index >= 15 is 0 Å². The van der Waals surface area contributed by atoms with Gasteiger partial charge in [-0.25, -0.2) is 0 Å². The van der Waals surface area contributed by atoms with Gasteiger partial charge in [-0.2, -0.15) is 0 Å². The molecule has 0 unspecified atom stereocenters. The Morgan fingerprint density at radius 2 is 1.83 bits per heavy atom. The van der Waals surface area contributed by atoms with Gasteiger partial charge in [-0.05, 0) is 32.9 Å². The number of nitro groups is 1. The summed E-state index contributed by atoms with van der Waals surface area (Å²) in [7, 11) is 0. The van der Waals surface area contributed by atoms with Gasteiger partial charge in [0.25, 0.3) is 5.69 Å². The average Bonchev–Trinajstić information content (AvgIpc) is 3.03. The number of morpholine rings is 1. The average molecular weight is 332 g/mol. The SMILES string of the molecule is C[C@@H]1CN([C@@H](C)c2nnc(-c3ccc([N+](=O)[O-])cc3)o2)C[C@H](C)O1. The zero-order valence-electron chi connectivity index (χ0n) is 13.9. The Morgan fingerprint density at radius 3 is 2.42 bits per heavy atom. The summed E-state index contributed by atoms with van der Waals surface area (Å²) < 4.78 is 11.5. The van der Waals surface area contributed by atoms with E-state index in [2.05, 4.69) is 15.1 Å². The summed E-state index contributed by atoms with van der Waals surface area (Å²) in [5, 5.41) is 18.9. The Morgan fingerprint density at radius 1 is 1.21 bits per heavy atom. The van der Waals surface area contributed by atoms with Crippen molar-refractivity contribution in [2.45, 2.75) is 39.0 Å². The zero-order chi connectivity index (χ0) is 17.3. The van der Waals surface area contributed by atoms with Crippen molar-refractivity contribution in [1.29, 1.82) is 0 Å². The topological polar surface area (TPSA) is 94.5 Å². The predicted octanol–water partition coefficient (Wildman–Crippen LogP) is 2.82. The number of nitro benzene ring substituents is 1. The van der Waals surface area contributed by atoms with Gasteiger partial charge >= 0.3 is 0 Å². The molecule has 0 bridgehead atoms. The molecule has 1 aromatic heterocycles. The molecule has 0 aliphatic carbocycles. The van der Waals surface area contributed by atoms with Crippen LogP contribution in [0.4, 0.5) is 5.69 Å². The quantitative estimate of drug-likeness (QED) is 0.627. The first-order valence-corrected chi connectivity index (χ1v) is 7.91. The molecule has 0 amide bonds. The van der Waals surface area contributed by atoms with Crippen LogP contribution in [0.1, 0.15) is 32.7 Å². The second kappa shape index (κ2) is 6.66. The van der Waals surface area contributed by atoms with Crippen molar-refractivity contribution in [3.8, 4) is 11.5 Å². The van der Waals surface area contributed by atoms with E-state index in [1.54, 1.807) is 12.1 Å². The molecular formula is C16H20N4O4. The molecular weight excluding hydrogens is 312 g/mol. The molecule has 8 nitrogen and oxygen atoms in total. The van der Waals surface area contributed by atoms with E-state index in [4.69, 9.17) is 9.15 Å². The number of rotatable bonds is 4. The summed E-state index contributed by atoms with van der Waals surface area (Å²) in [4.78, 5) is 12.5. The van der Waals surface area contributed by atoms with Gasteiger partial charge in [-0.3, -0.25) is 15.0 Å². The molecule has 1 aromatic carbocycles. The van der Waals surface area contributed by atoms with E-state index in [0.717, 1.165) is 13.1 Å². The third-order valence-electron chi connectivity index (χ3n) is 4.12. The smallest absolute Gasteiger partial charge is 0.269 e. The standard InChI is InChI=1S/C16H20N4O4/c1-10-8-19(9-11(2)23-10)12(3)15-17-18-16(24-15)13-4-6-14(7-5-13)20(21)22/h4-7,10-12H,8-9H2,1-3H3/t10-,11+,12-/m0/s1. The Balaban J connectivity index is 1.76. The Hall–Kier alpha value is -2.32. The second-order valence-electron chi connectivity index (χ2n) is 6.14. The van der Waals surface area contributed by atoms with Crippen LogP contribution in [-0.4, -0.2) is 45.3 Å². The number of hydrogen-bond donors (Lipinski definition) is 0. The molecule has 128 valence electrons. The monoisotopic (exact) mass is 332 g/mol. The van der Waals surface area contributed by atoms with Crippen molar-refractivity contribution >= 4 is 5.69 Å². The third kappa shape index (κ3) is 3.44. The first-order valence-electron chi connectivity index (χ1n) is 7.91. The van der Waals surface area contributed by atoms with E-state index in [9.17, 15) is 10.1 Å². The Labute approximate surface area is 139 Å². The lowest BCUT2D eigenvalue weighted by molar-refractivity contribution is -0.384. The molecule has 3 atom stereocenters. The predicted molar refractivity (Wildman–Crippen MR) is 86.4 cm³/mol. The molecule has 0 spiro atoms. The van der Waals surface area contributed by atoms with Crippen LogP contribution >= 0.6 is 0 Å². The first-order chi connectivity index (χ1) is 11.4. The lowest BCUT2D eigenvalue weighted by Gasteiger charge is -2.37. The summed E-state index contributed by atoms with van der Waals surface area (Å²) in [5.41, 5.74) is 0.693. The van der Waals surface area contributed by atoms with Crippen LogP contribution in [0.2, 0.25) is 0 Å². The van der Waals surface area contributed by atoms with Crippen molar-refractivity contribution < 1.29 is 14.1 Å². The normalized spacial score (nSPS) is 23.1. The van der Waals surface area contributed by atoms with Crippen molar-refractivity contribution in [1.82, 2.24) is 15.1 Å². The van der Waals surface area contributed by atoms with Gasteiger partial charge in [0.1, 0.15) is 0 Å². The largest absolute Gasteiger partial charge is 0.419 e. The molecule has 0 radical (unpaired) electrons. The lowest BCUT2D eigenvalue weighted by atomic mass is 10.2. The van der Waals surface area contributed by atoms with Gasteiger partial charge in [0, 0.05) is 30.8 Å². The van der Waals surface area contributed by atoms with Crippen LogP contribution in [0.3, 0.4) is 0 Å². The van der Waals surface area contributed by atoms with Crippen LogP contribution in [-0.2, 0) is 4.74 Å². The van der Waals surface area contributed by atoms with Crippen LogP contribution < -0.4 is 0 Å². The van der Waals surface area contributed by atoms with E-state index in [1.807, 2.05) is 20.8 Å². The molecule has 0 N–H and O–H groups in total. The van der Waals surface area contributed by atoms with E-state index in [0.29, 0.717) is 17.3 Å². The summed E-state index contributed by atoms with van der Waals surface area (Å²) >= 11 is 0. The maximum atomic E-state index is 10.7. The molecule has 0 saturated carbocycles. The van der Waals surface area contributed by atoms with E-state index in [1.165, 1.54) is 12.1 Å². The molecule has 1 saturated heterocycles. The van der Waals surface area contributed by atoms with Gasteiger partial charge < -0.3 is 9.15 Å².